The highest BCUT2D eigenvalue weighted by Crippen LogP contribution is 2.14. The van der Waals surface area contributed by atoms with Crippen molar-refractivity contribution in [3.8, 4) is 5.69 Å². The lowest BCUT2D eigenvalue weighted by Crippen LogP contribution is -1.97. The maximum Gasteiger partial charge on any atom is 0.381 e. The van der Waals surface area contributed by atoms with Gasteiger partial charge in [-0.3, -0.25) is 0 Å². The van der Waals surface area contributed by atoms with E-state index in [4.69, 9.17) is 0 Å². The molecule has 106 valence electrons. The fourth-order valence-electron chi connectivity index (χ4n) is 2.09. The Kier molecular flexibility index (Phi) is 3.23. The zero-order valence-electron chi connectivity index (χ0n) is 11.4. The molecule has 7 nitrogen and oxygen atoms in total. The predicted octanol–water partition coefficient (Wildman–Crippen LogP) is 2.33. The molecule has 0 radical (unpaired) electrons. The first-order chi connectivity index (χ1) is 10.1. The summed E-state index contributed by atoms with van der Waals surface area (Å²) in [5.41, 5.74) is 2.85. The van der Waals surface area contributed by atoms with Gasteiger partial charge in [0.1, 0.15) is 6.20 Å². The van der Waals surface area contributed by atoms with Crippen LogP contribution in [0.4, 0.5) is 5.82 Å². The fourth-order valence-corrected chi connectivity index (χ4v) is 2.09. The third-order valence-electron chi connectivity index (χ3n) is 3.18. The molecule has 0 aliphatic carbocycles. The van der Waals surface area contributed by atoms with Gasteiger partial charge < -0.3 is 14.7 Å². The van der Waals surface area contributed by atoms with Gasteiger partial charge in [-0.2, -0.15) is 5.10 Å². The second kappa shape index (κ2) is 5.20. The van der Waals surface area contributed by atoms with Gasteiger partial charge in [-0.15, -0.1) is 0 Å². The summed E-state index contributed by atoms with van der Waals surface area (Å²) >= 11 is 0. The van der Waals surface area contributed by atoms with E-state index in [1.165, 1.54) is 12.5 Å². The van der Waals surface area contributed by atoms with Gasteiger partial charge in [0.2, 0.25) is 6.33 Å². The summed E-state index contributed by atoms with van der Waals surface area (Å²) in [6.07, 6.45) is 4.80. The van der Waals surface area contributed by atoms with Crippen LogP contribution in [0.1, 0.15) is 11.3 Å². The summed E-state index contributed by atoms with van der Waals surface area (Å²) in [7, 11) is 0. The fraction of sp³-hybridized carbons (Fsp3) is 0.143. The molecule has 7 heteroatoms. The Morgan fingerprint density at radius 1 is 1.24 bits per heavy atom. The van der Waals surface area contributed by atoms with Gasteiger partial charge >= 0.3 is 5.82 Å². The molecule has 0 bridgehead atoms. The van der Waals surface area contributed by atoms with Crippen molar-refractivity contribution in [2.24, 2.45) is 0 Å². The summed E-state index contributed by atoms with van der Waals surface area (Å²) in [6.45, 7) is 2.42. The summed E-state index contributed by atoms with van der Waals surface area (Å²) in [5.74, 6) is -0.150. The average molecular weight is 283 g/mol. The quantitative estimate of drug-likeness (QED) is 0.543. The highest BCUT2D eigenvalue weighted by Gasteiger charge is 2.12. The zero-order chi connectivity index (χ0) is 14.8. The highest BCUT2D eigenvalue weighted by molar-refractivity contribution is 5.32. The molecule has 21 heavy (non-hydrogen) atoms. The maximum absolute atomic E-state index is 10.6. The van der Waals surface area contributed by atoms with Crippen molar-refractivity contribution in [1.29, 1.82) is 0 Å². The van der Waals surface area contributed by atoms with Crippen LogP contribution >= 0.6 is 0 Å². The van der Waals surface area contributed by atoms with E-state index in [2.05, 4.69) is 10.1 Å². The monoisotopic (exact) mass is 283 g/mol. The minimum absolute atomic E-state index is 0.150. The van der Waals surface area contributed by atoms with Crippen molar-refractivity contribution < 1.29 is 4.92 Å². The first kappa shape index (κ1) is 13.0. The number of hydrogen-bond donors (Lipinski definition) is 0. The summed E-state index contributed by atoms with van der Waals surface area (Å²) in [5, 5.41) is 15.1. The van der Waals surface area contributed by atoms with E-state index >= 15 is 0 Å². The Labute approximate surface area is 120 Å². The lowest BCUT2D eigenvalue weighted by molar-refractivity contribution is -0.389. The molecule has 0 saturated carbocycles. The van der Waals surface area contributed by atoms with Gasteiger partial charge in [-0.25, -0.2) is 4.68 Å². The molecule has 0 unspecified atom stereocenters. The van der Waals surface area contributed by atoms with E-state index in [1.807, 2.05) is 43.5 Å². The standard InChI is InChI=1S/C14H13N5O2/c1-11-12(7-17-9-14(15-10-17)19(20)21)8-18(16-11)13-5-3-2-4-6-13/h2-6,8-10H,7H2,1H3. The van der Waals surface area contributed by atoms with E-state index in [1.54, 1.807) is 9.25 Å². The van der Waals surface area contributed by atoms with Crippen LogP contribution in [-0.4, -0.2) is 24.3 Å². The van der Waals surface area contributed by atoms with E-state index in [9.17, 15) is 10.1 Å². The molecule has 0 fully saturated rings. The van der Waals surface area contributed by atoms with Crippen molar-refractivity contribution in [3.63, 3.8) is 0 Å². The molecule has 0 aliphatic heterocycles. The predicted molar refractivity (Wildman–Crippen MR) is 76.3 cm³/mol. The summed E-state index contributed by atoms with van der Waals surface area (Å²) in [4.78, 5) is 13.9. The van der Waals surface area contributed by atoms with Crippen LogP contribution in [0.2, 0.25) is 0 Å². The van der Waals surface area contributed by atoms with Gasteiger partial charge in [0.25, 0.3) is 0 Å². The van der Waals surface area contributed by atoms with Gasteiger partial charge in [-0.1, -0.05) is 18.2 Å². The van der Waals surface area contributed by atoms with Crippen molar-refractivity contribution in [3.05, 3.63) is 70.4 Å². The smallest absolute Gasteiger partial charge is 0.358 e. The number of para-hydroxylation sites is 1. The molecule has 0 amide bonds. The Balaban J connectivity index is 1.86. The lowest BCUT2D eigenvalue weighted by Gasteiger charge is -1.99. The normalized spacial score (nSPS) is 10.7. The molecular weight excluding hydrogens is 270 g/mol. The Morgan fingerprint density at radius 2 is 2.00 bits per heavy atom. The molecule has 2 heterocycles. The van der Waals surface area contributed by atoms with Crippen molar-refractivity contribution in [1.82, 2.24) is 19.3 Å². The first-order valence-corrected chi connectivity index (χ1v) is 6.40. The highest BCUT2D eigenvalue weighted by atomic mass is 16.6. The zero-order valence-corrected chi connectivity index (χ0v) is 11.4. The maximum atomic E-state index is 10.6. The summed E-state index contributed by atoms with van der Waals surface area (Å²) in [6, 6.07) is 9.79. The Morgan fingerprint density at radius 3 is 2.67 bits per heavy atom. The number of rotatable bonds is 4. The van der Waals surface area contributed by atoms with Crippen molar-refractivity contribution in [2.75, 3.05) is 0 Å². The molecular formula is C14H13N5O2. The van der Waals surface area contributed by atoms with E-state index in [0.29, 0.717) is 6.54 Å². The largest absolute Gasteiger partial charge is 0.381 e. The number of nitrogens with zero attached hydrogens (tertiary/aromatic N) is 5. The second-order valence-corrected chi connectivity index (χ2v) is 4.68. The molecule has 1 aromatic carbocycles. The molecule has 3 aromatic rings. The third kappa shape index (κ3) is 2.66. The van der Waals surface area contributed by atoms with Gasteiger partial charge in [-0.05, 0) is 29.0 Å². The van der Waals surface area contributed by atoms with Crippen LogP contribution in [0.15, 0.2) is 49.1 Å². The van der Waals surface area contributed by atoms with Crippen molar-refractivity contribution >= 4 is 5.82 Å². The number of hydrogen-bond acceptors (Lipinski definition) is 4. The second-order valence-electron chi connectivity index (χ2n) is 4.68. The number of nitro groups is 1. The lowest BCUT2D eigenvalue weighted by atomic mass is 10.2. The van der Waals surface area contributed by atoms with Crippen LogP contribution in [-0.2, 0) is 6.54 Å². The first-order valence-electron chi connectivity index (χ1n) is 6.40. The minimum atomic E-state index is -0.503. The van der Waals surface area contributed by atoms with Crippen LogP contribution in [0, 0.1) is 17.0 Å². The Hall–Kier alpha value is -2.96. The van der Waals surface area contributed by atoms with Gasteiger partial charge in [0.15, 0.2) is 0 Å². The molecule has 0 N–H and O–H groups in total. The third-order valence-corrected chi connectivity index (χ3v) is 3.18. The molecule has 0 atom stereocenters. The summed E-state index contributed by atoms with van der Waals surface area (Å²) < 4.78 is 3.48. The number of aryl methyl sites for hydroxylation is 1. The van der Waals surface area contributed by atoms with Crippen LogP contribution in [0.5, 0.6) is 0 Å². The molecule has 2 aromatic heterocycles. The molecule has 3 rings (SSSR count). The van der Waals surface area contributed by atoms with Crippen LogP contribution < -0.4 is 0 Å². The van der Waals surface area contributed by atoms with Crippen LogP contribution in [0.3, 0.4) is 0 Å². The van der Waals surface area contributed by atoms with E-state index in [0.717, 1.165) is 16.9 Å². The van der Waals surface area contributed by atoms with E-state index in [-0.39, 0.29) is 5.82 Å². The number of imidazole rings is 1. The SMILES string of the molecule is Cc1nn(-c2ccccc2)cc1Cn1cnc([N+](=O)[O-])c1. The number of benzene rings is 1. The van der Waals surface area contributed by atoms with Crippen LogP contribution in [0.25, 0.3) is 5.69 Å². The number of aromatic nitrogens is 4. The Bertz CT molecular complexity index is 776. The molecule has 0 aliphatic rings. The van der Waals surface area contributed by atoms with Gasteiger partial charge in [0.05, 0.1) is 17.9 Å². The van der Waals surface area contributed by atoms with E-state index < -0.39 is 4.92 Å². The van der Waals surface area contributed by atoms with Gasteiger partial charge in [0, 0.05) is 11.8 Å². The molecule has 0 saturated heterocycles. The molecule has 0 spiro atoms. The topological polar surface area (TPSA) is 78.8 Å². The minimum Gasteiger partial charge on any atom is -0.358 e. The van der Waals surface area contributed by atoms with Crippen molar-refractivity contribution in [2.45, 2.75) is 13.5 Å². The average Bonchev–Trinajstić information content (AvgIpc) is 3.08.